The summed E-state index contributed by atoms with van der Waals surface area (Å²) in [5, 5.41) is 12.6. The lowest BCUT2D eigenvalue weighted by Gasteiger charge is -1.91. The minimum Gasteiger partial charge on any atom is -0.477 e. The van der Waals surface area contributed by atoms with E-state index in [9.17, 15) is 4.79 Å². The Morgan fingerprint density at radius 1 is 1.44 bits per heavy atom. The number of aromatic nitrogens is 1. The minimum atomic E-state index is -0.925. The van der Waals surface area contributed by atoms with Crippen LogP contribution in [-0.2, 0) is 0 Å². The molecule has 1 unspecified atom stereocenters. The molecule has 3 rings (SSSR count). The summed E-state index contributed by atoms with van der Waals surface area (Å²) >= 11 is 1.92. The summed E-state index contributed by atoms with van der Waals surface area (Å²) in [6, 6.07) is 9.09. The zero-order valence-electron chi connectivity index (χ0n) is 10.1. The van der Waals surface area contributed by atoms with Gasteiger partial charge in [0.25, 0.3) is 0 Å². The zero-order chi connectivity index (χ0) is 13.0. The lowest BCUT2D eigenvalue weighted by molar-refractivity contribution is 0.0691. The maximum Gasteiger partial charge on any atom is 0.352 e. The monoisotopic (exact) mass is 261 g/mol. The first kappa shape index (κ1) is 12.8. The number of fused-ring (bicyclic) bond motifs is 1. The van der Waals surface area contributed by atoms with Gasteiger partial charge in [-0.1, -0.05) is 31.2 Å². The van der Waals surface area contributed by atoms with Crippen LogP contribution in [0.1, 0.15) is 23.8 Å². The first-order chi connectivity index (χ1) is 8.66. The van der Waals surface area contributed by atoms with Gasteiger partial charge in [-0.25, -0.2) is 4.79 Å². The number of benzene rings is 1. The molecule has 0 amide bonds. The molecule has 4 heteroatoms. The molecule has 0 bridgehead atoms. The van der Waals surface area contributed by atoms with E-state index in [0.29, 0.717) is 0 Å². The fourth-order valence-corrected chi connectivity index (χ4v) is 2.39. The van der Waals surface area contributed by atoms with Crippen molar-refractivity contribution in [3.8, 4) is 0 Å². The summed E-state index contributed by atoms with van der Waals surface area (Å²) in [5.41, 5.74) is 1.09. The van der Waals surface area contributed by atoms with E-state index >= 15 is 0 Å². The standard InChI is InChI=1S/C9H7NO2.C5H8S/c11-9(12)8-5-6-3-1-2-4-7(6)10-8;1-5-3-2-4-6-5/h1-5,10H,(H,11,12);2,4-5H,3H2,1H3. The molecule has 0 saturated heterocycles. The molecule has 18 heavy (non-hydrogen) atoms. The van der Waals surface area contributed by atoms with Crippen LogP contribution in [0.15, 0.2) is 41.8 Å². The molecule has 1 aliphatic heterocycles. The Morgan fingerprint density at radius 3 is 2.72 bits per heavy atom. The maximum atomic E-state index is 10.5. The minimum absolute atomic E-state index is 0.233. The SMILES string of the molecule is CC1CC=CS1.O=C(O)c1cc2ccccc2[nH]1. The second-order valence-electron chi connectivity index (χ2n) is 4.13. The number of nitrogens with one attached hydrogen (secondary N) is 1. The Balaban J connectivity index is 0.000000169. The number of aromatic amines is 1. The predicted molar refractivity (Wildman–Crippen MR) is 76.1 cm³/mol. The van der Waals surface area contributed by atoms with Crippen LogP contribution < -0.4 is 0 Å². The van der Waals surface area contributed by atoms with Crippen molar-refractivity contribution in [2.45, 2.75) is 18.6 Å². The highest BCUT2D eigenvalue weighted by Gasteiger charge is 2.05. The van der Waals surface area contributed by atoms with Gasteiger partial charge in [-0.2, -0.15) is 0 Å². The van der Waals surface area contributed by atoms with Gasteiger partial charge in [0.05, 0.1) is 0 Å². The molecule has 1 aliphatic rings. The van der Waals surface area contributed by atoms with Crippen molar-refractivity contribution in [3.63, 3.8) is 0 Å². The van der Waals surface area contributed by atoms with Gasteiger partial charge in [-0.05, 0) is 24.0 Å². The molecule has 0 radical (unpaired) electrons. The highest BCUT2D eigenvalue weighted by atomic mass is 32.2. The van der Waals surface area contributed by atoms with Gasteiger partial charge >= 0.3 is 5.97 Å². The molecular weight excluding hydrogens is 246 g/mol. The number of carboxylic acid groups (broad SMARTS) is 1. The average molecular weight is 261 g/mol. The molecule has 2 aromatic rings. The van der Waals surface area contributed by atoms with Gasteiger partial charge in [0, 0.05) is 16.2 Å². The van der Waals surface area contributed by atoms with Crippen molar-refractivity contribution in [1.29, 1.82) is 0 Å². The molecule has 1 atom stereocenters. The third kappa shape index (κ3) is 3.17. The number of hydrogen-bond donors (Lipinski definition) is 2. The van der Waals surface area contributed by atoms with Crippen LogP contribution in [0.4, 0.5) is 0 Å². The summed E-state index contributed by atoms with van der Waals surface area (Å²) in [6.45, 7) is 2.24. The molecular formula is C14H15NO2S. The van der Waals surface area contributed by atoms with Crippen molar-refractivity contribution in [2.24, 2.45) is 0 Å². The number of carboxylic acids is 1. The van der Waals surface area contributed by atoms with Gasteiger partial charge < -0.3 is 10.1 Å². The highest BCUT2D eigenvalue weighted by Crippen LogP contribution is 2.22. The number of para-hydroxylation sites is 1. The number of carbonyl (C=O) groups is 1. The maximum absolute atomic E-state index is 10.5. The second-order valence-corrected chi connectivity index (χ2v) is 5.48. The van der Waals surface area contributed by atoms with Gasteiger partial charge in [0.1, 0.15) is 5.69 Å². The number of hydrogen-bond acceptors (Lipinski definition) is 2. The van der Waals surface area contributed by atoms with Gasteiger partial charge in [-0.3, -0.25) is 0 Å². The highest BCUT2D eigenvalue weighted by molar-refractivity contribution is 8.02. The Bertz CT molecular complexity index is 533. The van der Waals surface area contributed by atoms with E-state index < -0.39 is 5.97 Å². The first-order valence-corrected chi connectivity index (χ1v) is 6.72. The molecule has 1 aromatic carbocycles. The Labute approximate surface area is 110 Å². The van der Waals surface area contributed by atoms with Crippen LogP contribution in [0.25, 0.3) is 10.9 Å². The second kappa shape index (κ2) is 5.78. The van der Waals surface area contributed by atoms with Gasteiger partial charge in [0.2, 0.25) is 0 Å². The topological polar surface area (TPSA) is 53.1 Å². The molecule has 2 heterocycles. The Kier molecular flexibility index (Phi) is 4.10. The fraction of sp³-hybridized carbons (Fsp3) is 0.214. The van der Waals surface area contributed by atoms with Gasteiger partial charge in [0.15, 0.2) is 0 Å². The van der Waals surface area contributed by atoms with Crippen molar-refractivity contribution < 1.29 is 9.90 Å². The molecule has 2 N–H and O–H groups in total. The van der Waals surface area contributed by atoms with Crippen molar-refractivity contribution in [3.05, 3.63) is 47.5 Å². The van der Waals surface area contributed by atoms with Crippen LogP contribution in [0.5, 0.6) is 0 Å². The van der Waals surface area contributed by atoms with E-state index in [1.54, 1.807) is 6.07 Å². The van der Waals surface area contributed by atoms with Crippen molar-refractivity contribution in [2.75, 3.05) is 0 Å². The van der Waals surface area contributed by atoms with Crippen molar-refractivity contribution >= 4 is 28.6 Å². The van der Waals surface area contributed by atoms with Crippen molar-refractivity contribution in [1.82, 2.24) is 4.98 Å². The normalized spacial score (nSPS) is 17.5. The Hall–Kier alpha value is -1.68. The van der Waals surface area contributed by atoms with Gasteiger partial charge in [-0.15, -0.1) is 11.8 Å². The quantitative estimate of drug-likeness (QED) is 0.818. The molecule has 1 aromatic heterocycles. The van der Waals surface area contributed by atoms with E-state index in [0.717, 1.165) is 16.2 Å². The van der Waals surface area contributed by atoms with Crippen LogP contribution in [0, 0.1) is 0 Å². The molecule has 0 aliphatic carbocycles. The smallest absolute Gasteiger partial charge is 0.352 e. The van der Waals surface area contributed by atoms with E-state index in [4.69, 9.17) is 5.11 Å². The Morgan fingerprint density at radius 2 is 2.22 bits per heavy atom. The van der Waals surface area contributed by atoms with Crippen LogP contribution in [0.3, 0.4) is 0 Å². The summed E-state index contributed by atoms with van der Waals surface area (Å²) in [7, 11) is 0. The van der Waals surface area contributed by atoms with Crippen LogP contribution in [0.2, 0.25) is 0 Å². The third-order valence-corrected chi connectivity index (χ3v) is 3.64. The predicted octanol–water partition coefficient (Wildman–Crippen LogP) is 3.89. The lowest BCUT2D eigenvalue weighted by atomic mass is 10.2. The van der Waals surface area contributed by atoms with E-state index in [-0.39, 0.29) is 5.69 Å². The largest absolute Gasteiger partial charge is 0.477 e. The van der Waals surface area contributed by atoms with E-state index in [1.165, 1.54) is 6.42 Å². The molecule has 0 saturated carbocycles. The van der Waals surface area contributed by atoms with E-state index in [2.05, 4.69) is 23.4 Å². The summed E-state index contributed by atoms with van der Waals surface area (Å²) in [6.07, 6.45) is 3.49. The number of rotatable bonds is 1. The number of aromatic carboxylic acids is 1. The third-order valence-electron chi connectivity index (χ3n) is 2.64. The lowest BCUT2D eigenvalue weighted by Crippen LogP contribution is -1.94. The number of thioether (sulfide) groups is 1. The summed E-state index contributed by atoms with van der Waals surface area (Å²) in [4.78, 5) is 13.3. The van der Waals surface area contributed by atoms with E-state index in [1.807, 2.05) is 36.0 Å². The molecule has 94 valence electrons. The number of allylic oxidation sites excluding steroid dienone is 1. The average Bonchev–Trinajstić information content (AvgIpc) is 2.97. The zero-order valence-corrected chi connectivity index (χ0v) is 10.9. The van der Waals surface area contributed by atoms with Crippen LogP contribution >= 0.6 is 11.8 Å². The van der Waals surface area contributed by atoms with Crippen LogP contribution in [-0.4, -0.2) is 21.3 Å². The molecule has 0 spiro atoms. The molecule has 3 nitrogen and oxygen atoms in total. The summed E-state index contributed by atoms with van der Waals surface area (Å²) in [5.74, 6) is -0.925. The molecule has 0 fully saturated rings. The fourth-order valence-electron chi connectivity index (χ4n) is 1.68. The summed E-state index contributed by atoms with van der Waals surface area (Å²) < 4.78 is 0. The first-order valence-electron chi connectivity index (χ1n) is 5.78. The number of H-pyrrole nitrogens is 1.